The summed E-state index contributed by atoms with van der Waals surface area (Å²) in [5, 5.41) is 4.14. The maximum absolute atomic E-state index is 12.2. The summed E-state index contributed by atoms with van der Waals surface area (Å²) in [5.74, 6) is -0.234. The number of carbonyl (C=O) groups is 1. The number of para-hydroxylation sites is 1. The third-order valence-corrected chi connectivity index (χ3v) is 5.14. The van der Waals surface area contributed by atoms with E-state index in [1.165, 1.54) is 16.8 Å². The smallest absolute Gasteiger partial charge is 0.271 e. The highest BCUT2D eigenvalue weighted by Crippen LogP contribution is 2.25. The van der Waals surface area contributed by atoms with E-state index in [4.69, 9.17) is 0 Å². The van der Waals surface area contributed by atoms with Crippen molar-refractivity contribution < 1.29 is 4.79 Å². The molecule has 0 radical (unpaired) electrons. The molecule has 1 N–H and O–H groups in total. The summed E-state index contributed by atoms with van der Waals surface area (Å²) < 4.78 is 3.17. The minimum atomic E-state index is -0.234. The number of hydrogen-bond acceptors (Lipinski definition) is 2. The van der Waals surface area contributed by atoms with Gasteiger partial charge in [0.15, 0.2) is 0 Å². The Kier molecular flexibility index (Phi) is 5.61. The lowest BCUT2D eigenvalue weighted by Gasteiger charge is -2.15. The largest absolute Gasteiger partial charge is 0.317 e. The Hall–Kier alpha value is -2.66. The molecule has 3 aromatic rings. The van der Waals surface area contributed by atoms with Crippen molar-refractivity contribution in [2.24, 2.45) is 5.10 Å². The Labute approximate surface area is 168 Å². The molecule has 0 saturated carbocycles. The lowest BCUT2D eigenvalue weighted by atomic mass is 10.1. The predicted octanol–water partition coefficient (Wildman–Crippen LogP) is 5.24. The molecule has 0 atom stereocenters. The Morgan fingerprint density at radius 1 is 1.04 bits per heavy atom. The topological polar surface area (TPSA) is 46.4 Å². The fraction of sp³-hybridized carbons (Fsp3) is 0.182. The average molecular weight is 424 g/mol. The van der Waals surface area contributed by atoms with Crippen LogP contribution in [0.15, 0.2) is 58.1 Å². The van der Waals surface area contributed by atoms with Crippen molar-refractivity contribution in [1.82, 2.24) is 9.99 Å². The number of benzene rings is 2. The standard InChI is InChI=1S/C22H22BrN3O/c1-14-6-5-7-15(2)21(14)26-16(3)12-19(17(26)4)13-24-25-22(27)18-8-10-20(23)11-9-18/h5-13H,1-4H3,(H,25,27)/b24-13-. The molecular weight excluding hydrogens is 402 g/mol. The van der Waals surface area contributed by atoms with Gasteiger partial charge in [-0.2, -0.15) is 5.10 Å². The molecular formula is C22H22BrN3O. The zero-order chi connectivity index (χ0) is 19.6. The van der Waals surface area contributed by atoms with Crippen LogP contribution < -0.4 is 5.43 Å². The van der Waals surface area contributed by atoms with E-state index < -0.39 is 0 Å². The van der Waals surface area contributed by atoms with Gasteiger partial charge >= 0.3 is 0 Å². The Morgan fingerprint density at radius 3 is 2.30 bits per heavy atom. The molecule has 138 valence electrons. The van der Waals surface area contributed by atoms with Crippen molar-refractivity contribution in [3.8, 4) is 5.69 Å². The molecule has 4 nitrogen and oxygen atoms in total. The minimum absolute atomic E-state index is 0.234. The van der Waals surface area contributed by atoms with Crippen molar-refractivity contribution in [2.75, 3.05) is 0 Å². The zero-order valence-corrected chi connectivity index (χ0v) is 17.5. The normalized spacial score (nSPS) is 11.1. The third-order valence-electron chi connectivity index (χ3n) is 4.61. The summed E-state index contributed by atoms with van der Waals surface area (Å²) >= 11 is 3.36. The summed E-state index contributed by atoms with van der Waals surface area (Å²) in [5.41, 5.74) is 10.0. The first-order valence-electron chi connectivity index (χ1n) is 8.73. The zero-order valence-electron chi connectivity index (χ0n) is 15.9. The minimum Gasteiger partial charge on any atom is -0.317 e. The number of hydrogen-bond donors (Lipinski definition) is 1. The van der Waals surface area contributed by atoms with Gasteiger partial charge in [-0.3, -0.25) is 4.79 Å². The van der Waals surface area contributed by atoms with Crippen molar-refractivity contribution in [3.63, 3.8) is 0 Å². The number of aryl methyl sites for hydroxylation is 3. The van der Waals surface area contributed by atoms with E-state index in [0.717, 1.165) is 21.4 Å². The van der Waals surface area contributed by atoms with Gasteiger partial charge in [0.2, 0.25) is 0 Å². The summed E-state index contributed by atoms with van der Waals surface area (Å²) in [6.07, 6.45) is 1.70. The van der Waals surface area contributed by atoms with Crippen molar-refractivity contribution in [2.45, 2.75) is 27.7 Å². The summed E-state index contributed by atoms with van der Waals surface area (Å²) in [7, 11) is 0. The second kappa shape index (κ2) is 7.92. The average Bonchev–Trinajstić information content (AvgIpc) is 2.90. The second-order valence-electron chi connectivity index (χ2n) is 6.61. The summed E-state index contributed by atoms with van der Waals surface area (Å²) in [6.45, 7) is 8.38. The van der Waals surface area contributed by atoms with Gasteiger partial charge in [0, 0.05) is 27.0 Å². The van der Waals surface area contributed by atoms with Gasteiger partial charge in [-0.05, 0) is 69.2 Å². The van der Waals surface area contributed by atoms with E-state index in [0.29, 0.717) is 5.56 Å². The Morgan fingerprint density at radius 2 is 1.67 bits per heavy atom. The SMILES string of the molecule is Cc1cccc(C)c1-n1c(C)cc(/C=N\NC(=O)c2ccc(Br)cc2)c1C. The van der Waals surface area contributed by atoms with E-state index in [1.54, 1.807) is 18.3 Å². The van der Waals surface area contributed by atoms with Crippen molar-refractivity contribution in [3.05, 3.63) is 86.6 Å². The first-order chi connectivity index (χ1) is 12.9. The number of hydrazone groups is 1. The maximum atomic E-state index is 12.2. The van der Waals surface area contributed by atoms with Gasteiger partial charge in [-0.25, -0.2) is 5.43 Å². The summed E-state index contributed by atoms with van der Waals surface area (Å²) in [4.78, 5) is 12.2. The molecule has 0 bridgehead atoms. The number of nitrogens with one attached hydrogen (secondary N) is 1. The third kappa shape index (κ3) is 4.03. The fourth-order valence-corrected chi connectivity index (χ4v) is 3.51. The molecule has 2 aromatic carbocycles. The van der Waals surface area contributed by atoms with Crippen LogP contribution in [0.4, 0.5) is 0 Å². The first kappa shape index (κ1) is 19.1. The Bertz CT molecular complexity index is 997. The second-order valence-corrected chi connectivity index (χ2v) is 7.52. The first-order valence-corrected chi connectivity index (χ1v) is 9.52. The number of amides is 1. The van der Waals surface area contributed by atoms with Crippen LogP contribution in [0, 0.1) is 27.7 Å². The number of nitrogens with zero attached hydrogens (tertiary/aromatic N) is 2. The van der Waals surface area contributed by atoms with E-state index in [2.05, 4.69) is 83.0 Å². The van der Waals surface area contributed by atoms with Gasteiger partial charge in [0.1, 0.15) is 0 Å². The molecule has 27 heavy (non-hydrogen) atoms. The van der Waals surface area contributed by atoms with Gasteiger partial charge < -0.3 is 4.57 Å². The molecule has 0 aliphatic rings. The highest BCUT2D eigenvalue weighted by atomic mass is 79.9. The predicted molar refractivity (Wildman–Crippen MR) is 114 cm³/mol. The molecule has 1 heterocycles. The van der Waals surface area contributed by atoms with Crippen molar-refractivity contribution >= 4 is 28.1 Å². The lowest BCUT2D eigenvalue weighted by Crippen LogP contribution is -2.17. The monoisotopic (exact) mass is 423 g/mol. The van der Waals surface area contributed by atoms with Crippen LogP contribution in [-0.4, -0.2) is 16.7 Å². The van der Waals surface area contributed by atoms with Gasteiger partial charge in [-0.1, -0.05) is 34.1 Å². The number of rotatable bonds is 4. The quantitative estimate of drug-likeness (QED) is 0.452. The van der Waals surface area contributed by atoms with Gasteiger partial charge in [0.25, 0.3) is 5.91 Å². The number of aromatic nitrogens is 1. The molecule has 1 amide bonds. The van der Waals surface area contributed by atoms with Crippen LogP contribution in [-0.2, 0) is 0 Å². The fourth-order valence-electron chi connectivity index (χ4n) is 3.25. The van der Waals surface area contributed by atoms with E-state index in [1.807, 2.05) is 12.1 Å². The van der Waals surface area contributed by atoms with Crippen LogP contribution in [0.2, 0.25) is 0 Å². The maximum Gasteiger partial charge on any atom is 0.271 e. The van der Waals surface area contributed by atoms with Crippen LogP contribution in [0.25, 0.3) is 5.69 Å². The molecule has 0 spiro atoms. The molecule has 1 aromatic heterocycles. The van der Waals surface area contributed by atoms with Crippen LogP contribution in [0.5, 0.6) is 0 Å². The van der Waals surface area contributed by atoms with Crippen LogP contribution in [0.3, 0.4) is 0 Å². The van der Waals surface area contributed by atoms with Crippen molar-refractivity contribution in [1.29, 1.82) is 0 Å². The number of halogens is 1. The Balaban J connectivity index is 1.83. The van der Waals surface area contributed by atoms with E-state index >= 15 is 0 Å². The number of carbonyl (C=O) groups excluding carboxylic acids is 1. The van der Waals surface area contributed by atoms with Crippen LogP contribution in [0.1, 0.15) is 38.4 Å². The van der Waals surface area contributed by atoms with Gasteiger partial charge in [0.05, 0.1) is 11.9 Å². The van der Waals surface area contributed by atoms with Crippen LogP contribution >= 0.6 is 15.9 Å². The molecule has 0 aliphatic heterocycles. The highest BCUT2D eigenvalue weighted by Gasteiger charge is 2.13. The summed E-state index contributed by atoms with van der Waals surface area (Å²) in [6, 6.07) is 15.6. The molecule has 0 fully saturated rings. The lowest BCUT2D eigenvalue weighted by molar-refractivity contribution is 0.0955. The molecule has 5 heteroatoms. The van der Waals surface area contributed by atoms with E-state index in [-0.39, 0.29) is 5.91 Å². The molecule has 0 saturated heterocycles. The molecule has 0 aliphatic carbocycles. The van der Waals surface area contributed by atoms with E-state index in [9.17, 15) is 4.79 Å². The highest BCUT2D eigenvalue weighted by molar-refractivity contribution is 9.10. The molecule has 3 rings (SSSR count). The molecule has 0 unspecified atom stereocenters. The van der Waals surface area contributed by atoms with Gasteiger partial charge in [-0.15, -0.1) is 0 Å².